The van der Waals surface area contributed by atoms with Gasteiger partial charge in [-0.2, -0.15) is 5.10 Å². The molecule has 0 saturated carbocycles. The van der Waals surface area contributed by atoms with Gasteiger partial charge in [-0.3, -0.25) is 4.79 Å². The van der Waals surface area contributed by atoms with Gasteiger partial charge in [-0.15, -0.1) is 0 Å². The Labute approximate surface area is 80.4 Å². The molecule has 1 aromatic carbocycles. The van der Waals surface area contributed by atoms with Crippen molar-refractivity contribution in [3.05, 3.63) is 40.3 Å². The molecule has 72 valence electrons. The molecule has 14 heavy (non-hydrogen) atoms. The van der Waals surface area contributed by atoms with Crippen LogP contribution < -0.4 is 5.56 Å². The van der Waals surface area contributed by atoms with E-state index in [4.69, 9.17) is 5.11 Å². The van der Waals surface area contributed by atoms with Gasteiger partial charge in [0.05, 0.1) is 17.7 Å². The van der Waals surface area contributed by atoms with Crippen LogP contribution in [-0.4, -0.2) is 14.9 Å². The summed E-state index contributed by atoms with van der Waals surface area (Å²) < 4.78 is 1.24. The minimum atomic E-state index is -0.158. The molecule has 0 spiro atoms. The maximum absolute atomic E-state index is 11.6. The van der Waals surface area contributed by atoms with Crippen LogP contribution in [0.2, 0.25) is 0 Å². The molecule has 2 rings (SSSR count). The Balaban J connectivity index is 2.97. The number of aliphatic hydroxyl groups excluding tert-OH is 1. The van der Waals surface area contributed by atoms with Gasteiger partial charge in [0.25, 0.3) is 5.56 Å². The molecule has 0 radical (unpaired) electrons. The molecule has 0 bridgehead atoms. The Morgan fingerprint density at radius 1 is 1.36 bits per heavy atom. The van der Waals surface area contributed by atoms with E-state index in [9.17, 15) is 4.79 Å². The number of nitrogens with zero attached hydrogens (tertiary/aromatic N) is 2. The van der Waals surface area contributed by atoms with E-state index in [1.165, 1.54) is 4.68 Å². The Hall–Kier alpha value is -1.68. The molecule has 0 aliphatic carbocycles. The Morgan fingerprint density at radius 2 is 2.00 bits per heavy atom. The second-order valence-corrected chi connectivity index (χ2v) is 3.08. The predicted octanol–water partition coefficient (Wildman–Crippen LogP) is 0.426. The summed E-state index contributed by atoms with van der Waals surface area (Å²) >= 11 is 0. The van der Waals surface area contributed by atoms with Crippen LogP contribution >= 0.6 is 0 Å². The SMILES string of the molecule is Cn1nc(CO)c2ccccc2c1=O. The molecule has 1 N–H and O–H groups in total. The van der Waals surface area contributed by atoms with Gasteiger partial charge in [-0.05, 0) is 6.07 Å². The molecular weight excluding hydrogens is 180 g/mol. The molecule has 0 unspecified atom stereocenters. The molecule has 0 fully saturated rings. The van der Waals surface area contributed by atoms with Crippen molar-refractivity contribution in [2.75, 3.05) is 0 Å². The predicted molar refractivity (Wildman–Crippen MR) is 52.9 cm³/mol. The lowest BCUT2D eigenvalue weighted by Gasteiger charge is -2.04. The van der Waals surface area contributed by atoms with Crippen LogP contribution in [0.25, 0.3) is 10.8 Å². The van der Waals surface area contributed by atoms with Crippen LogP contribution in [0, 0.1) is 0 Å². The zero-order valence-electron chi connectivity index (χ0n) is 7.77. The average Bonchev–Trinajstić information content (AvgIpc) is 2.23. The molecule has 0 aliphatic heterocycles. The standard InChI is InChI=1S/C10H10N2O2/c1-12-10(14)8-5-3-2-4-7(8)9(6-13)11-12/h2-5,13H,6H2,1H3. The molecule has 4 nitrogen and oxygen atoms in total. The lowest BCUT2D eigenvalue weighted by molar-refractivity contribution is 0.275. The first kappa shape index (κ1) is 8.90. The molecule has 0 atom stereocenters. The molecule has 0 saturated heterocycles. The first-order valence-corrected chi connectivity index (χ1v) is 4.30. The number of fused-ring (bicyclic) bond motifs is 1. The van der Waals surface area contributed by atoms with Crippen molar-refractivity contribution in [2.45, 2.75) is 6.61 Å². The highest BCUT2D eigenvalue weighted by Gasteiger charge is 2.06. The summed E-state index contributed by atoms with van der Waals surface area (Å²) in [4.78, 5) is 11.6. The van der Waals surface area contributed by atoms with Crippen LogP contribution in [-0.2, 0) is 13.7 Å². The van der Waals surface area contributed by atoms with Gasteiger partial charge in [0.15, 0.2) is 0 Å². The molecular formula is C10H10N2O2. The number of rotatable bonds is 1. The normalized spacial score (nSPS) is 10.7. The molecule has 0 amide bonds. The highest BCUT2D eigenvalue weighted by molar-refractivity contribution is 5.83. The van der Waals surface area contributed by atoms with Crippen LogP contribution in [0.4, 0.5) is 0 Å². The third-order valence-corrected chi connectivity index (χ3v) is 2.18. The maximum atomic E-state index is 11.6. The third kappa shape index (κ3) is 1.20. The molecule has 1 aromatic heterocycles. The maximum Gasteiger partial charge on any atom is 0.274 e. The first-order chi connectivity index (χ1) is 6.74. The van der Waals surface area contributed by atoms with E-state index >= 15 is 0 Å². The van der Waals surface area contributed by atoms with Crippen molar-refractivity contribution >= 4 is 10.8 Å². The fourth-order valence-electron chi connectivity index (χ4n) is 1.49. The highest BCUT2D eigenvalue weighted by atomic mass is 16.3. The number of aromatic nitrogens is 2. The fraction of sp³-hybridized carbons (Fsp3) is 0.200. The molecule has 0 aliphatic rings. The van der Waals surface area contributed by atoms with E-state index in [-0.39, 0.29) is 12.2 Å². The summed E-state index contributed by atoms with van der Waals surface area (Å²) in [7, 11) is 1.58. The van der Waals surface area contributed by atoms with E-state index < -0.39 is 0 Å². The van der Waals surface area contributed by atoms with Gasteiger partial charge in [-0.1, -0.05) is 18.2 Å². The minimum Gasteiger partial charge on any atom is -0.390 e. The van der Waals surface area contributed by atoms with Crippen molar-refractivity contribution in [1.29, 1.82) is 0 Å². The van der Waals surface area contributed by atoms with Gasteiger partial charge in [0.1, 0.15) is 0 Å². The smallest absolute Gasteiger partial charge is 0.274 e. The third-order valence-electron chi connectivity index (χ3n) is 2.18. The van der Waals surface area contributed by atoms with E-state index in [2.05, 4.69) is 5.10 Å². The monoisotopic (exact) mass is 190 g/mol. The van der Waals surface area contributed by atoms with Gasteiger partial charge in [0, 0.05) is 12.4 Å². The second-order valence-electron chi connectivity index (χ2n) is 3.08. The van der Waals surface area contributed by atoms with Crippen molar-refractivity contribution in [3.63, 3.8) is 0 Å². The lowest BCUT2D eigenvalue weighted by Crippen LogP contribution is -2.21. The zero-order chi connectivity index (χ0) is 10.1. The van der Waals surface area contributed by atoms with Crippen LogP contribution in [0.5, 0.6) is 0 Å². The van der Waals surface area contributed by atoms with Crippen LogP contribution in [0.1, 0.15) is 5.69 Å². The van der Waals surface area contributed by atoms with E-state index in [1.54, 1.807) is 25.2 Å². The highest BCUT2D eigenvalue weighted by Crippen LogP contribution is 2.12. The summed E-state index contributed by atoms with van der Waals surface area (Å²) in [6.07, 6.45) is 0. The summed E-state index contributed by atoms with van der Waals surface area (Å²) in [5.74, 6) is 0. The van der Waals surface area contributed by atoms with Gasteiger partial charge in [0.2, 0.25) is 0 Å². The van der Waals surface area contributed by atoms with Crippen molar-refractivity contribution in [2.24, 2.45) is 7.05 Å². The minimum absolute atomic E-state index is 0.141. The van der Waals surface area contributed by atoms with Crippen LogP contribution in [0.3, 0.4) is 0 Å². The second kappa shape index (κ2) is 3.23. The quantitative estimate of drug-likeness (QED) is 0.709. The molecule has 2 aromatic rings. The Bertz CT molecular complexity index is 531. The van der Waals surface area contributed by atoms with Crippen molar-refractivity contribution in [1.82, 2.24) is 9.78 Å². The first-order valence-electron chi connectivity index (χ1n) is 4.30. The zero-order valence-corrected chi connectivity index (χ0v) is 7.77. The average molecular weight is 190 g/mol. The lowest BCUT2D eigenvalue weighted by atomic mass is 10.1. The van der Waals surface area contributed by atoms with Gasteiger partial charge < -0.3 is 5.11 Å². The Kier molecular flexibility index (Phi) is 2.05. The summed E-state index contributed by atoms with van der Waals surface area (Å²) in [5, 5.41) is 14.4. The number of hydrogen-bond acceptors (Lipinski definition) is 3. The number of aliphatic hydroxyl groups is 1. The van der Waals surface area contributed by atoms with Gasteiger partial charge in [-0.25, -0.2) is 4.68 Å². The van der Waals surface area contributed by atoms with Crippen molar-refractivity contribution in [3.8, 4) is 0 Å². The van der Waals surface area contributed by atoms with Crippen molar-refractivity contribution < 1.29 is 5.11 Å². The largest absolute Gasteiger partial charge is 0.390 e. The summed E-state index contributed by atoms with van der Waals surface area (Å²) in [6.45, 7) is -0.158. The topological polar surface area (TPSA) is 55.1 Å². The number of benzene rings is 1. The van der Waals surface area contributed by atoms with E-state index in [0.29, 0.717) is 11.1 Å². The van der Waals surface area contributed by atoms with Gasteiger partial charge >= 0.3 is 0 Å². The summed E-state index contributed by atoms with van der Waals surface area (Å²) in [6, 6.07) is 7.14. The fourth-order valence-corrected chi connectivity index (χ4v) is 1.49. The number of aryl methyl sites for hydroxylation is 1. The molecule has 4 heteroatoms. The van der Waals surface area contributed by atoms with Crippen LogP contribution in [0.15, 0.2) is 29.1 Å². The number of hydrogen-bond donors (Lipinski definition) is 1. The van der Waals surface area contributed by atoms with E-state index in [0.717, 1.165) is 5.39 Å². The summed E-state index contributed by atoms with van der Waals surface area (Å²) in [5.41, 5.74) is 0.389. The molecule has 1 heterocycles. The Morgan fingerprint density at radius 3 is 2.64 bits per heavy atom. The van der Waals surface area contributed by atoms with E-state index in [1.807, 2.05) is 6.07 Å².